The van der Waals surface area contributed by atoms with Gasteiger partial charge in [-0.25, -0.2) is 0 Å². The van der Waals surface area contributed by atoms with Crippen molar-refractivity contribution in [3.63, 3.8) is 0 Å². The first-order chi connectivity index (χ1) is 13.6. The van der Waals surface area contributed by atoms with Gasteiger partial charge in [0.25, 0.3) is 0 Å². The zero-order valence-corrected chi connectivity index (χ0v) is 16.8. The number of benzene rings is 2. The summed E-state index contributed by atoms with van der Waals surface area (Å²) in [6.45, 7) is 9.17. The van der Waals surface area contributed by atoms with Crippen molar-refractivity contribution in [2.45, 2.75) is 26.4 Å². The smallest absolute Gasteiger partial charge is 0.124 e. The summed E-state index contributed by atoms with van der Waals surface area (Å²) in [6, 6.07) is 12.1. The molecule has 28 heavy (non-hydrogen) atoms. The Kier molecular flexibility index (Phi) is 5.25. The van der Waals surface area contributed by atoms with Crippen LogP contribution in [0.25, 0.3) is 22.0 Å². The molecule has 144 valence electrons. The summed E-state index contributed by atoms with van der Waals surface area (Å²) < 4.78 is 11.3. The predicted molar refractivity (Wildman–Crippen MR) is 116 cm³/mol. The summed E-state index contributed by atoms with van der Waals surface area (Å²) in [5.41, 5.74) is 6.21. The second-order valence-corrected chi connectivity index (χ2v) is 7.46. The van der Waals surface area contributed by atoms with Crippen LogP contribution in [0.1, 0.15) is 24.6 Å². The van der Waals surface area contributed by atoms with E-state index in [0.717, 1.165) is 57.8 Å². The number of nitrogens with zero attached hydrogens (tertiary/aromatic N) is 1. The van der Waals surface area contributed by atoms with Gasteiger partial charge < -0.3 is 14.5 Å². The zero-order valence-electron chi connectivity index (χ0n) is 16.1. The van der Waals surface area contributed by atoms with Crippen molar-refractivity contribution in [1.29, 1.82) is 0 Å². The van der Waals surface area contributed by atoms with Crippen molar-refractivity contribution in [1.82, 2.24) is 4.98 Å². The molecule has 3 aromatic rings. The number of aryl methyl sites for hydroxylation is 1. The number of hydrogen-bond donors (Lipinski definition) is 1. The van der Waals surface area contributed by atoms with Crippen LogP contribution < -0.4 is 4.74 Å². The van der Waals surface area contributed by atoms with Gasteiger partial charge in [-0.15, -0.1) is 0 Å². The van der Waals surface area contributed by atoms with Crippen LogP contribution in [0.2, 0.25) is 5.02 Å². The lowest BCUT2D eigenvalue weighted by Crippen LogP contribution is -2.15. The van der Waals surface area contributed by atoms with Gasteiger partial charge in [-0.05, 0) is 49.2 Å². The summed E-state index contributed by atoms with van der Waals surface area (Å²) in [5, 5.41) is 1.80. The van der Waals surface area contributed by atoms with E-state index in [1.165, 1.54) is 0 Å². The number of ether oxygens (including phenoxy) is 2. The maximum atomic E-state index is 6.44. The average Bonchev–Trinajstić information content (AvgIpc) is 3.30. The van der Waals surface area contributed by atoms with Crippen LogP contribution in [-0.2, 0) is 4.74 Å². The molecule has 1 N–H and O–H groups in total. The monoisotopic (exact) mass is 394 g/mol. The van der Waals surface area contributed by atoms with E-state index in [0.29, 0.717) is 11.6 Å². The van der Waals surface area contributed by atoms with E-state index in [-0.39, 0.29) is 6.10 Å². The molecule has 1 aromatic heterocycles. The predicted octanol–water partition coefficient (Wildman–Crippen LogP) is 5.92. The van der Waals surface area contributed by atoms with Crippen molar-refractivity contribution in [3.8, 4) is 16.9 Å². The average molecular weight is 395 g/mol. The zero-order chi connectivity index (χ0) is 19.7. The molecule has 1 aliphatic rings. The summed E-state index contributed by atoms with van der Waals surface area (Å²) in [6.07, 6.45) is 2.64. The third kappa shape index (κ3) is 3.58. The van der Waals surface area contributed by atoms with Crippen molar-refractivity contribution < 1.29 is 9.47 Å². The number of aromatic amines is 1. The van der Waals surface area contributed by atoms with Crippen LogP contribution in [0.15, 0.2) is 54.2 Å². The highest BCUT2D eigenvalue weighted by molar-refractivity contribution is 6.32. The largest absolute Gasteiger partial charge is 0.488 e. The standard InChI is InChI=1S/C23H23ClN2O2/c1-4-25-15(3)22-14(2)20-11-17(24)12-21(23(20)26-22)16-5-7-18(8-6-16)28-19-9-10-27-13-19/h4-8,11-12,19,26H,1,9-10,13H2,2-3H3. The van der Waals surface area contributed by atoms with Crippen LogP contribution in [0.5, 0.6) is 5.75 Å². The lowest BCUT2D eigenvalue weighted by molar-refractivity contribution is 0.141. The maximum Gasteiger partial charge on any atom is 0.124 e. The molecule has 0 spiro atoms. The molecule has 1 fully saturated rings. The third-order valence-corrected chi connectivity index (χ3v) is 5.35. The highest BCUT2D eigenvalue weighted by atomic mass is 35.5. The Labute approximate surface area is 169 Å². The van der Waals surface area contributed by atoms with E-state index < -0.39 is 0 Å². The van der Waals surface area contributed by atoms with Crippen LogP contribution in [0.4, 0.5) is 0 Å². The fourth-order valence-corrected chi connectivity index (χ4v) is 3.91. The quantitative estimate of drug-likeness (QED) is 0.546. The molecule has 2 aromatic carbocycles. The number of fused-ring (bicyclic) bond motifs is 1. The normalized spacial score (nSPS) is 17.2. The molecular formula is C23H23ClN2O2. The van der Waals surface area contributed by atoms with E-state index in [9.17, 15) is 0 Å². The summed E-state index contributed by atoms with van der Waals surface area (Å²) >= 11 is 6.44. The Morgan fingerprint density at radius 3 is 2.79 bits per heavy atom. The van der Waals surface area contributed by atoms with Gasteiger partial charge in [-0.3, -0.25) is 4.99 Å². The molecule has 4 rings (SSSR count). The highest BCUT2D eigenvalue weighted by Gasteiger charge is 2.18. The summed E-state index contributed by atoms with van der Waals surface area (Å²) in [5.74, 6) is 0.856. The Morgan fingerprint density at radius 2 is 2.11 bits per heavy atom. The highest BCUT2D eigenvalue weighted by Crippen LogP contribution is 2.35. The Balaban J connectivity index is 1.74. The molecule has 1 aliphatic heterocycles. The van der Waals surface area contributed by atoms with Crippen molar-refractivity contribution >= 4 is 28.2 Å². The van der Waals surface area contributed by atoms with E-state index in [4.69, 9.17) is 21.1 Å². The number of aliphatic imine (C=N–C) groups is 1. The van der Waals surface area contributed by atoms with Gasteiger partial charge >= 0.3 is 0 Å². The molecular weight excluding hydrogens is 372 g/mol. The second kappa shape index (κ2) is 7.82. The minimum absolute atomic E-state index is 0.143. The first-order valence-electron chi connectivity index (χ1n) is 9.39. The number of nitrogens with one attached hydrogen (secondary N) is 1. The molecule has 0 bridgehead atoms. The molecule has 0 aliphatic carbocycles. The summed E-state index contributed by atoms with van der Waals surface area (Å²) in [7, 11) is 0. The topological polar surface area (TPSA) is 46.6 Å². The molecule has 1 unspecified atom stereocenters. The number of halogens is 1. The van der Waals surface area contributed by atoms with Crippen LogP contribution in [-0.4, -0.2) is 30.0 Å². The molecule has 1 saturated heterocycles. The Morgan fingerprint density at radius 1 is 1.32 bits per heavy atom. The SMILES string of the molecule is C=CN=C(C)c1[nH]c2c(-c3ccc(OC4CCOC4)cc3)cc(Cl)cc2c1C. The number of aromatic nitrogens is 1. The van der Waals surface area contributed by atoms with Gasteiger partial charge in [0.1, 0.15) is 11.9 Å². The van der Waals surface area contributed by atoms with Crippen molar-refractivity contribution in [2.75, 3.05) is 13.2 Å². The van der Waals surface area contributed by atoms with Crippen LogP contribution in [0, 0.1) is 6.92 Å². The number of rotatable bonds is 5. The van der Waals surface area contributed by atoms with Crippen LogP contribution in [0.3, 0.4) is 0 Å². The van der Waals surface area contributed by atoms with E-state index in [2.05, 4.69) is 35.6 Å². The Hall–Kier alpha value is -2.56. The molecule has 2 heterocycles. The minimum atomic E-state index is 0.143. The van der Waals surface area contributed by atoms with Gasteiger partial charge in [-0.2, -0.15) is 0 Å². The van der Waals surface area contributed by atoms with E-state index >= 15 is 0 Å². The second-order valence-electron chi connectivity index (χ2n) is 7.03. The molecule has 4 nitrogen and oxygen atoms in total. The van der Waals surface area contributed by atoms with Crippen molar-refractivity contribution in [3.05, 3.63) is 65.5 Å². The number of hydrogen-bond acceptors (Lipinski definition) is 3. The van der Waals surface area contributed by atoms with Gasteiger partial charge in [0.05, 0.1) is 30.1 Å². The van der Waals surface area contributed by atoms with Gasteiger partial charge in [0.15, 0.2) is 0 Å². The number of H-pyrrole nitrogens is 1. The van der Waals surface area contributed by atoms with Gasteiger partial charge in [0.2, 0.25) is 0 Å². The molecule has 0 saturated carbocycles. The first-order valence-corrected chi connectivity index (χ1v) is 9.77. The third-order valence-electron chi connectivity index (χ3n) is 5.13. The fraction of sp³-hybridized carbons (Fsp3) is 0.261. The van der Waals surface area contributed by atoms with Crippen LogP contribution >= 0.6 is 11.6 Å². The molecule has 1 atom stereocenters. The molecule has 0 radical (unpaired) electrons. The lowest BCUT2D eigenvalue weighted by Gasteiger charge is -2.12. The lowest BCUT2D eigenvalue weighted by atomic mass is 10.0. The maximum absolute atomic E-state index is 6.44. The van der Waals surface area contributed by atoms with Gasteiger partial charge in [0, 0.05) is 28.6 Å². The van der Waals surface area contributed by atoms with Gasteiger partial charge in [-0.1, -0.05) is 30.3 Å². The Bertz CT molecular complexity index is 1040. The van der Waals surface area contributed by atoms with Crippen molar-refractivity contribution in [2.24, 2.45) is 4.99 Å². The fourth-order valence-electron chi connectivity index (χ4n) is 3.69. The first kappa shape index (κ1) is 18.8. The molecule has 5 heteroatoms. The van der Waals surface area contributed by atoms with E-state index in [1.807, 2.05) is 31.2 Å². The molecule has 0 amide bonds. The summed E-state index contributed by atoms with van der Waals surface area (Å²) in [4.78, 5) is 7.86. The van der Waals surface area contributed by atoms with E-state index in [1.54, 1.807) is 6.20 Å². The minimum Gasteiger partial charge on any atom is -0.488 e.